The van der Waals surface area contributed by atoms with E-state index in [9.17, 15) is 76.0 Å². The van der Waals surface area contributed by atoms with Crippen LogP contribution in [-0.4, -0.2) is 191 Å². The van der Waals surface area contributed by atoms with E-state index < -0.39 is 152 Å². The molecule has 1 aromatic heterocycles. The molecule has 0 aliphatic carbocycles. The van der Waals surface area contributed by atoms with Crippen molar-refractivity contribution in [2.24, 2.45) is 0 Å². The molecule has 15 atom stereocenters. The molecule has 13 N–H and O–H groups in total. The zero-order chi connectivity index (χ0) is 48.4. The van der Waals surface area contributed by atoms with Gasteiger partial charge in [-0.3, -0.25) is 4.79 Å². The van der Waals surface area contributed by atoms with E-state index in [1.54, 1.807) is 0 Å². The first-order valence-corrected chi connectivity index (χ1v) is 20.4. The Morgan fingerprint density at radius 1 is 0.657 bits per heavy atom. The SMILES string of the molecule is COc1cc(/C=C/C(=O)OC[C@H]2O[C@@H](O[C@H]3[C@H](O[C@H]4[C@H](Oc5c(-c6ccc(O)cc6)oc6cc(O)cc(O)c6c5=O)O[C@H](CO)[C@@H](O)[C@@H]4O)O[C@H](CO)[C@H](O)[C@@H]3O)[C@H](O)[C@@H](O)[C@@H]2O)ccc1O. The predicted octanol–water partition coefficient (Wildman–Crippen LogP) is -2.62. The summed E-state index contributed by atoms with van der Waals surface area (Å²) in [6, 6.07) is 11.1. The van der Waals surface area contributed by atoms with Crippen LogP contribution in [0.15, 0.2) is 69.9 Å². The van der Waals surface area contributed by atoms with Crippen molar-refractivity contribution in [3.05, 3.63) is 76.5 Å². The van der Waals surface area contributed by atoms with Gasteiger partial charge >= 0.3 is 5.97 Å². The molecule has 0 radical (unpaired) electrons. The Labute approximate surface area is 377 Å². The van der Waals surface area contributed by atoms with Gasteiger partial charge in [0.05, 0.1) is 20.3 Å². The maximum atomic E-state index is 14.2. The summed E-state index contributed by atoms with van der Waals surface area (Å²) in [5.74, 6) is -3.56. The molecule has 67 heavy (non-hydrogen) atoms. The Hall–Kier alpha value is -5.68. The number of benzene rings is 3. The number of aliphatic hydroxyl groups excluding tert-OH is 9. The largest absolute Gasteiger partial charge is 0.508 e. The lowest BCUT2D eigenvalue weighted by molar-refractivity contribution is -0.389. The minimum absolute atomic E-state index is 0.0761. The second-order valence-corrected chi connectivity index (χ2v) is 15.6. The highest BCUT2D eigenvalue weighted by Crippen LogP contribution is 2.39. The normalized spacial score (nSPS) is 32.3. The quantitative estimate of drug-likeness (QED) is 0.0455. The Balaban J connectivity index is 1.17. The molecule has 3 fully saturated rings. The Kier molecular flexibility index (Phi) is 15.2. The van der Waals surface area contributed by atoms with Gasteiger partial charge in [0.25, 0.3) is 0 Å². The van der Waals surface area contributed by atoms with Crippen molar-refractivity contribution >= 4 is 23.0 Å². The summed E-state index contributed by atoms with van der Waals surface area (Å²) in [7, 11) is 1.33. The number of rotatable bonds is 14. The summed E-state index contributed by atoms with van der Waals surface area (Å²) in [6.07, 6.45) is -27.2. The number of esters is 1. The van der Waals surface area contributed by atoms with Crippen LogP contribution >= 0.6 is 0 Å². The number of aromatic hydroxyl groups is 4. The fraction of sp³-hybridized carbons (Fsp3) is 0.442. The van der Waals surface area contributed by atoms with Crippen molar-refractivity contribution in [2.75, 3.05) is 26.9 Å². The van der Waals surface area contributed by atoms with Crippen LogP contribution in [0.2, 0.25) is 0 Å². The van der Waals surface area contributed by atoms with E-state index in [-0.39, 0.29) is 28.4 Å². The van der Waals surface area contributed by atoms with Gasteiger partial charge in [-0.25, -0.2) is 4.79 Å². The van der Waals surface area contributed by atoms with Gasteiger partial charge in [0, 0.05) is 23.8 Å². The molecular formula is C43H48O24. The lowest BCUT2D eigenvalue weighted by Crippen LogP contribution is -2.67. The van der Waals surface area contributed by atoms with Gasteiger partial charge in [-0.1, -0.05) is 6.07 Å². The summed E-state index contributed by atoms with van der Waals surface area (Å²) in [5.41, 5.74) is -0.910. The number of carbonyl (C=O) groups is 1. The van der Waals surface area contributed by atoms with Gasteiger partial charge in [-0.2, -0.15) is 0 Å². The average molecular weight is 949 g/mol. The fourth-order valence-corrected chi connectivity index (χ4v) is 7.55. The first-order chi connectivity index (χ1) is 31.9. The minimum atomic E-state index is -2.13. The van der Waals surface area contributed by atoms with Crippen LogP contribution in [0.1, 0.15) is 5.56 Å². The number of phenolic OH excluding ortho intramolecular Hbond substituents is 4. The van der Waals surface area contributed by atoms with E-state index in [0.29, 0.717) is 5.56 Å². The molecule has 0 saturated carbocycles. The van der Waals surface area contributed by atoms with Crippen molar-refractivity contribution in [3.8, 4) is 45.8 Å². The molecular weight excluding hydrogens is 900 g/mol. The molecule has 3 saturated heterocycles. The number of ether oxygens (including phenoxy) is 8. The minimum Gasteiger partial charge on any atom is -0.508 e. The second-order valence-electron chi connectivity index (χ2n) is 15.6. The summed E-state index contributed by atoms with van der Waals surface area (Å²) in [4.78, 5) is 26.8. The zero-order valence-corrected chi connectivity index (χ0v) is 34.9. The highest BCUT2D eigenvalue weighted by Gasteiger charge is 2.55. The van der Waals surface area contributed by atoms with E-state index in [1.807, 2.05) is 0 Å². The molecule has 7 rings (SSSR count). The summed E-state index contributed by atoms with van der Waals surface area (Å²) in [5, 5.41) is 138. The van der Waals surface area contributed by atoms with Crippen molar-refractivity contribution in [1.29, 1.82) is 0 Å². The van der Waals surface area contributed by atoms with E-state index in [4.69, 9.17) is 42.3 Å². The van der Waals surface area contributed by atoms with Gasteiger partial charge < -0.3 is 109 Å². The lowest BCUT2D eigenvalue weighted by atomic mass is 9.96. The fourth-order valence-electron chi connectivity index (χ4n) is 7.55. The maximum absolute atomic E-state index is 14.2. The highest BCUT2D eigenvalue weighted by atomic mass is 16.8. The van der Waals surface area contributed by atoms with Crippen molar-refractivity contribution < 1.29 is 113 Å². The van der Waals surface area contributed by atoms with E-state index in [0.717, 1.165) is 18.2 Å². The molecule has 0 bridgehead atoms. The zero-order valence-electron chi connectivity index (χ0n) is 34.9. The topological polar surface area (TPSA) is 384 Å². The van der Waals surface area contributed by atoms with E-state index >= 15 is 0 Å². The number of methoxy groups -OCH3 is 1. The van der Waals surface area contributed by atoms with Gasteiger partial charge in [0.1, 0.15) is 102 Å². The highest BCUT2D eigenvalue weighted by molar-refractivity contribution is 5.88. The molecule has 364 valence electrons. The van der Waals surface area contributed by atoms with E-state index in [2.05, 4.69) is 0 Å². The molecule has 0 unspecified atom stereocenters. The summed E-state index contributed by atoms with van der Waals surface area (Å²) >= 11 is 0. The van der Waals surface area contributed by atoms with Crippen molar-refractivity contribution in [1.82, 2.24) is 0 Å². The van der Waals surface area contributed by atoms with Crippen LogP contribution in [0.4, 0.5) is 0 Å². The van der Waals surface area contributed by atoms with Crippen molar-refractivity contribution in [3.63, 3.8) is 0 Å². The van der Waals surface area contributed by atoms with Crippen LogP contribution < -0.4 is 14.9 Å². The first-order valence-electron chi connectivity index (χ1n) is 20.4. The van der Waals surface area contributed by atoms with Crippen LogP contribution in [0.3, 0.4) is 0 Å². The standard InChI is InChI=1S/C43H48O24/c1-59-22-10-16(2-8-20(22)48)3-9-27(50)60-15-26-31(53)33(55)36(58)41(64-26)66-39-34(56)29(51)25(14-45)63-43(39)67-40-35(57)30(52)24(13-44)62-42(40)65-38-32(54)28-21(49)11-19(47)12-23(28)61-37(38)17-4-6-18(46)7-5-17/h2-12,24-26,29-31,33-36,39-49,51-53,55-58H,13-15H2,1H3/b9-3+/t24-,25-,26-,29+,30-,31-,33+,34+,35+,36-,39-,40-,41+,42+,43+/m1/s1. The smallest absolute Gasteiger partial charge is 0.330 e. The number of aliphatic hydroxyl groups is 9. The van der Waals surface area contributed by atoms with Crippen LogP contribution in [0.25, 0.3) is 28.4 Å². The number of phenols is 4. The number of hydrogen-bond acceptors (Lipinski definition) is 24. The van der Waals surface area contributed by atoms with Crippen LogP contribution in [0, 0.1) is 0 Å². The molecule has 3 aromatic carbocycles. The molecule has 0 amide bonds. The van der Waals surface area contributed by atoms with Crippen molar-refractivity contribution in [2.45, 2.75) is 92.1 Å². The number of hydrogen-bond donors (Lipinski definition) is 13. The molecule has 4 aromatic rings. The van der Waals surface area contributed by atoms with Crippen LogP contribution in [0.5, 0.6) is 34.5 Å². The van der Waals surface area contributed by atoms with Gasteiger partial charge in [0.15, 0.2) is 35.9 Å². The third-order valence-corrected chi connectivity index (χ3v) is 11.2. The summed E-state index contributed by atoms with van der Waals surface area (Å²) in [6.45, 7) is -2.67. The van der Waals surface area contributed by atoms with E-state index in [1.165, 1.54) is 55.7 Å². The second kappa shape index (κ2) is 20.7. The monoisotopic (exact) mass is 948 g/mol. The molecule has 24 heteroatoms. The van der Waals surface area contributed by atoms with Gasteiger partial charge in [-0.05, 0) is 48.0 Å². The summed E-state index contributed by atoms with van der Waals surface area (Å²) < 4.78 is 51.2. The molecule has 24 nitrogen and oxygen atoms in total. The van der Waals surface area contributed by atoms with Gasteiger partial charge in [0.2, 0.25) is 17.5 Å². The molecule has 0 spiro atoms. The Morgan fingerprint density at radius 2 is 1.25 bits per heavy atom. The number of carbonyl (C=O) groups excluding carboxylic acids is 1. The molecule has 4 heterocycles. The number of fused-ring (bicyclic) bond motifs is 1. The Morgan fingerprint density at radius 3 is 1.90 bits per heavy atom. The molecule has 3 aliphatic heterocycles. The third kappa shape index (κ3) is 10.3. The first kappa shape index (κ1) is 49.2. The lowest BCUT2D eigenvalue weighted by Gasteiger charge is -2.48. The van der Waals surface area contributed by atoms with Gasteiger partial charge in [-0.15, -0.1) is 0 Å². The maximum Gasteiger partial charge on any atom is 0.330 e. The Bertz CT molecular complexity index is 2440. The van der Waals surface area contributed by atoms with Crippen LogP contribution in [-0.2, 0) is 33.2 Å². The predicted molar refractivity (Wildman–Crippen MR) is 220 cm³/mol. The third-order valence-electron chi connectivity index (χ3n) is 11.2. The molecule has 3 aliphatic rings. The average Bonchev–Trinajstić information content (AvgIpc) is 3.30.